The first-order valence-corrected chi connectivity index (χ1v) is 11.9. The van der Waals surface area contributed by atoms with Crippen LogP contribution in [-0.4, -0.2) is 43.9 Å². The highest BCUT2D eigenvalue weighted by Gasteiger charge is 2.34. The van der Waals surface area contributed by atoms with Crippen molar-refractivity contribution in [3.8, 4) is 5.75 Å². The Labute approximate surface area is 177 Å². The molecule has 1 saturated heterocycles. The monoisotopic (exact) mass is 423 g/mol. The summed E-state index contributed by atoms with van der Waals surface area (Å²) in [6.07, 6.45) is 0.718. The molecule has 156 valence electrons. The molecule has 3 aromatic carbocycles. The van der Waals surface area contributed by atoms with Gasteiger partial charge < -0.3 is 9.64 Å². The maximum absolute atomic E-state index is 13.4. The van der Waals surface area contributed by atoms with Crippen molar-refractivity contribution in [1.82, 2.24) is 4.90 Å². The van der Waals surface area contributed by atoms with Crippen molar-refractivity contribution in [2.45, 2.75) is 25.4 Å². The van der Waals surface area contributed by atoms with E-state index >= 15 is 0 Å². The number of hydrogen-bond acceptors (Lipinski definition) is 4. The van der Waals surface area contributed by atoms with Gasteiger partial charge in [0.1, 0.15) is 5.75 Å². The summed E-state index contributed by atoms with van der Waals surface area (Å²) in [4.78, 5) is 15.2. The third-order valence-electron chi connectivity index (χ3n) is 5.68. The molecule has 0 N–H and O–H groups in total. The predicted molar refractivity (Wildman–Crippen MR) is 118 cm³/mol. The standard InChI is InChI=1S/C24H25NO4S/c1-29-22-10-4-6-18(14-22)16-25(21-12-13-30(27,28)17-21)24(26)15-20-9-5-8-19-7-2-3-11-23(19)20/h2-11,14,21H,12-13,15-17H2,1H3. The number of hydrogen-bond donors (Lipinski definition) is 0. The zero-order valence-corrected chi connectivity index (χ0v) is 17.8. The van der Waals surface area contributed by atoms with E-state index in [0.717, 1.165) is 21.9 Å². The molecule has 0 radical (unpaired) electrons. The molecule has 1 unspecified atom stereocenters. The Morgan fingerprint density at radius 3 is 2.60 bits per heavy atom. The van der Waals surface area contributed by atoms with Gasteiger partial charge in [0.25, 0.3) is 0 Å². The van der Waals surface area contributed by atoms with E-state index in [-0.39, 0.29) is 29.9 Å². The number of amides is 1. The zero-order valence-electron chi connectivity index (χ0n) is 17.0. The van der Waals surface area contributed by atoms with E-state index in [2.05, 4.69) is 0 Å². The molecular weight excluding hydrogens is 398 g/mol. The van der Waals surface area contributed by atoms with Gasteiger partial charge in [-0.15, -0.1) is 0 Å². The molecule has 3 aromatic rings. The lowest BCUT2D eigenvalue weighted by molar-refractivity contribution is -0.133. The summed E-state index contributed by atoms with van der Waals surface area (Å²) in [6.45, 7) is 0.362. The Bertz CT molecular complexity index is 1170. The molecule has 4 rings (SSSR count). The van der Waals surface area contributed by atoms with Crippen molar-refractivity contribution < 1.29 is 17.9 Å². The van der Waals surface area contributed by atoms with Crippen LogP contribution in [0.4, 0.5) is 0 Å². The van der Waals surface area contributed by atoms with Crippen molar-refractivity contribution in [2.75, 3.05) is 18.6 Å². The molecule has 6 heteroatoms. The van der Waals surface area contributed by atoms with E-state index in [1.165, 1.54) is 0 Å². The van der Waals surface area contributed by atoms with Crippen LogP contribution < -0.4 is 4.74 Å². The van der Waals surface area contributed by atoms with Crippen LogP contribution in [0.2, 0.25) is 0 Å². The number of carbonyl (C=O) groups excluding carboxylic acids is 1. The number of fused-ring (bicyclic) bond motifs is 1. The Hall–Kier alpha value is -2.86. The summed E-state index contributed by atoms with van der Waals surface area (Å²) in [6, 6.07) is 21.2. The molecule has 1 atom stereocenters. The maximum Gasteiger partial charge on any atom is 0.227 e. The first-order chi connectivity index (χ1) is 14.4. The zero-order chi connectivity index (χ0) is 21.1. The topological polar surface area (TPSA) is 63.7 Å². The molecule has 5 nitrogen and oxygen atoms in total. The second-order valence-electron chi connectivity index (χ2n) is 7.75. The van der Waals surface area contributed by atoms with Gasteiger partial charge in [0.15, 0.2) is 9.84 Å². The van der Waals surface area contributed by atoms with Gasteiger partial charge in [0, 0.05) is 12.6 Å². The van der Waals surface area contributed by atoms with Crippen LogP contribution in [0, 0.1) is 0 Å². The van der Waals surface area contributed by atoms with Crippen molar-refractivity contribution >= 4 is 26.5 Å². The largest absolute Gasteiger partial charge is 0.497 e. The molecule has 1 aliphatic heterocycles. The SMILES string of the molecule is COc1cccc(CN(C(=O)Cc2cccc3ccccc23)C2CCS(=O)(=O)C2)c1. The Morgan fingerprint density at radius 2 is 1.83 bits per heavy atom. The lowest BCUT2D eigenvalue weighted by Crippen LogP contribution is -2.41. The number of sulfone groups is 1. The minimum Gasteiger partial charge on any atom is -0.497 e. The van der Waals surface area contributed by atoms with Gasteiger partial charge in [-0.25, -0.2) is 8.42 Å². The number of carbonyl (C=O) groups is 1. The van der Waals surface area contributed by atoms with Gasteiger partial charge in [-0.2, -0.15) is 0 Å². The number of methoxy groups -OCH3 is 1. The maximum atomic E-state index is 13.4. The quantitative estimate of drug-likeness (QED) is 0.608. The first-order valence-electron chi connectivity index (χ1n) is 10.0. The summed E-state index contributed by atoms with van der Waals surface area (Å²) < 4.78 is 29.5. The molecule has 0 spiro atoms. The number of nitrogens with zero attached hydrogens (tertiary/aromatic N) is 1. The average Bonchev–Trinajstić information content (AvgIpc) is 3.11. The second-order valence-corrected chi connectivity index (χ2v) is 9.97. The first kappa shape index (κ1) is 20.4. The van der Waals surface area contributed by atoms with Crippen molar-refractivity contribution in [2.24, 2.45) is 0 Å². The average molecular weight is 424 g/mol. The molecule has 1 aliphatic rings. The van der Waals surface area contributed by atoms with E-state index in [0.29, 0.717) is 18.7 Å². The minimum atomic E-state index is -3.11. The Balaban J connectivity index is 1.63. The molecule has 0 bridgehead atoms. The highest BCUT2D eigenvalue weighted by molar-refractivity contribution is 7.91. The predicted octanol–water partition coefficient (Wildman–Crippen LogP) is 3.61. The lowest BCUT2D eigenvalue weighted by atomic mass is 10.0. The van der Waals surface area contributed by atoms with Gasteiger partial charge in [-0.05, 0) is 40.5 Å². The molecule has 1 amide bonds. The minimum absolute atomic E-state index is 0.0260. The van der Waals surface area contributed by atoms with Crippen LogP contribution in [0.3, 0.4) is 0 Å². The fraction of sp³-hybridized carbons (Fsp3) is 0.292. The van der Waals surface area contributed by atoms with Gasteiger partial charge in [0.05, 0.1) is 25.0 Å². The van der Waals surface area contributed by atoms with Gasteiger partial charge in [-0.1, -0.05) is 54.6 Å². The van der Waals surface area contributed by atoms with Gasteiger partial charge in [0.2, 0.25) is 5.91 Å². The molecule has 30 heavy (non-hydrogen) atoms. The number of benzene rings is 3. The molecule has 1 heterocycles. The van der Waals surface area contributed by atoms with Crippen LogP contribution >= 0.6 is 0 Å². The van der Waals surface area contributed by atoms with Crippen molar-refractivity contribution in [3.63, 3.8) is 0 Å². The molecule has 1 fully saturated rings. The molecule has 0 aliphatic carbocycles. The van der Waals surface area contributed by atoms with Crippen LogP contribution in [0.15, 0.2) is 66.7 Å². The summed E-state index contributed by atoms with van der Waals surface area (Å²) in [5.41, 5.74) is 1.87. The lowest BCUT2D eigenvalue weighted by Gasteiger charge is -2.29. The Morgan fingerprint density at radius 1 is 1.07 bits per heavy atom. The normalized spacial score (nSPS) is 17.7. The molecule has 0 saturated carbocycles. The van der Waals surface area contributed by atoms with Crippen LogP contribution in [0.5, 0.6) is 5.75 Å². The van der Waals surface area contributed by atoms with E-state index in [9.17, 15) is 13.2 Å². The van der Waals surface area contributed by atoms with E-state index in [1.54, 1.807) is 12.0 Å². The third kappa shape index (κ3) is 4.49. The number of rotatable bonds is 6. The van der Waals surface area contributed by atoms with Gasteiger partial charge >= 0.3 is 0 Å². The Kier molecular flexibility index (Phi) is 5.77. The van der Waals surface area contributed by atoms with E-state index < -0.39 is 9.84 Å². The fourth-order valence-corrected chi connectivity index (χ4v) is 5.85. The van der Waals surface area contributed by atoms with Gasteiger partial charge in [-0.3, -0.25) is 4.79 Å². The number of ether oxygens (including phenoxy) is 1. The van der Waals surface area contributed by atoms with Crippen LogP contribution in [-0.2, 0) is 27.6 Å². The smallest absolute Gasteiger partial charge is 0.227 e. The van der Waals surface area contributed by atoms with E-state index in [1.807, 2.05) is 66.7 Å². The van der Waals surface area contributed by atoms with Crippen LogP contribution in [0.25, 0.3) is 10.8 Å². The van der Waals surface area contributed by atoms with E-state index in [4.69, 9.17) is 4.74 Å². The highest BCUT2D eigenvalue weighted by Crippen LogP contribution is 2.25. The third-order valence-corrected chi connectivity index (χ3v) is 7.43. The summed E-state index contributed by atoms with van der Waals surface area (Å²) in [7, 11) is -1.50. The van der Waals surface area contributed by atoms with Crippen molar-refractivity contribution in [1.29, 1.82) is 0 Å². The fourth-order valence-electron chi connectivity index (χ4n) is 4.12. The highest BCUT2D eigenvalue weighted by atomic mass is 32.2. The molecular formula is C24H25NO4S. The summed E-state index contributed by atoms with van der Waals surface area (Å²) in [5, 5.41) is 2.14. The summed E-state index contributed by atoms with van der Waals surface area (Å²) in [5.74, 6) is 0.816. The summed E-state index contributed by atoms with van der Waals surface area (Å²) >= 11 is 0. The van der Waals surface area contributed by atoms with Crippen molar-refractivity contribution in [3.05, 3.63) is 77.9 Å². The molecule has 0 aromatic heterocycles. The second kappa shape index (κ2) is 8.48. The van der Waals surface area contributed by atoms with Crippen LogP contribution in [0.1, 0.15) is 17.5 Å².